The van der Waals surface area contributed by atoms with Crippen molar-refractivity contribution in [1.29, 1.82) is 0 Å². The van der Waals surface area contributed by atoms with Gasteiger partial charge in [-0.3, -0.25) is 0 Å². The first kappa shape index (κ1) is 11.2. The maximum absolute atomic E-state index is 12.9. The summed E-state index contributed by atoms with van der Waals surface area (Å²) in [4.78, 5) is 18.4. The SMILES string of the molecule is O=C(O)c1cnc(Cc2cccc(F)c2)nc1. The molecule has 1 aromatic heterocycles. The molecule has 0 aliphatic carbocycles. The van der Waals surface area contributed by atoms with E-state index in [4.69, 9.17) is 5.11 Å². The van der Waals surface area contributed by atoms with E-state index in [0.29, 0.717) is 12.2 Å². The van der Waals surface area contributed by atoms with Crippen LogP contribution in [0.5, 0.6) is 0 Å². The lowest BCUT2D eigenvalue weighted by Gasteiger charge is -2.01. The van der Waals surface area contributed by atoms with Gasteiger partial charge >= 0.3 is 5.97 Å². The summed E-state index contributed by atoms with van der Waals surface area (Å²) in [6, 6.07) is 6.13. The van der Waals surface area contributed by atoms with E-state index >= 15 is 0 Å². The fourth-order valence-corrected chi connectivity index (χ4v) is 1.39. The molecule has 0 spiro atoms. The highest BCUT2D eigenvalue weighted by Gasteiger charge is 2.05. The summed E-state index contributed by atoms with van der Waals surface area (Å²) >= 11 is 0. The van der Waals surface area contributed by atoms with Crippen LogP contribution in [0.2, 0.25) is 0 Å². The van der Waals surface area contributed by atoms with Gasteiger partial charge in [0.25, 0.3) is 0 Å². The number of carboxylic acids is 1. The van der Waals surface area contributed by atoms with Crippen molar-refractivity contribution in [2.45, 2.75) is 6.42 Å². The lowest BCUT2D eigenvalue weighted by molar-refractivity contribution is 0.0696. The van der Waals surface area contributed by atoms with Gasteiger partial charge in [0.05, 0.1) is 5.56 Å². The number of aromatic nitrogens is 2. The van der Waals surface area contributed by atoms with Crippen molar-refractivity contribution >= 4 is 5.97 Å². The van der Waals surface area contributed by atoms with Crippen LogP contribution in [0.1, 0.15) is 21.7 Å². The molecule has 86 valence electrons. The summed E-state index contributed by atoms with van der Waals surface area (Å²) in [7, 11) is 0. The molecule has 0 aliphatic heterocycles. The molecule has 0 bridgehead atoms. The van der Waals surface area contributed by atoms with Crippen molar-refractivity contribution < 1.29 is 14.3 Å². The van der Waals surface area contributed by atoms with Gasteiger partial charge in [0.1, 0.15) is 11.6 Å². The highest BCUT2D eigenvalue weighted by Crippen LogP contribution is 2.07. The van der Waals surface area contributed by atoms with Gasteiger partial charge in [0.15, 0.2) is 0 Å². The van der Waals surface area contributed by atoms with Crippen molar-refractivity contribution in [2.75, 3.05) is 0 Å². The van der Waals surface area contributed by atoms with Crippen molar-refractivity contribution in [1.82, 2.24) is 9.97 Å². The third kappa shape index (κ3) is 2.84. The van der Waals surface area contributed by atoms with Gasteiger partial charge in [0.2, 0.25) is 0 Å². The topological polar surface area (TPSA) is 63.1 Å². The Balaban J connectivity index is 2.16. The van der Waals surface area contributed by atoms with Gasteiger partial charge in [-0.2, -0.15) is 0 Å². The van der Waals surface area contributed by atoms with Crippen LogP contribution >= 0.6 is 0 Å². The number of carboxylic acid groups (broad SMARTS) is 1. The van der Waals surface area contributed by atoms with Gasteiger partial charge in [0, 0.05) is 18.8 Å². The molecule has 1 heterocycles. The fraction of sp³-hybridized carbons (Fsp3) is 0.0833. The second-order valence-corrected chi connectivity index (χ2v) is 3.50. The van der Waals surface area contributed by atoms with Crippen LogP contribution in [0.3, 0.4) is 0 Å². The molecular formula is C12H9FN2O2. The summed E-state index contributed by atoms with van der Waals surface area (Å²) in [6.45, 7) is 0. The number of rotatable bonds is 3. The van der Waals surface area contributed by atoms with E-state index in [0.717, 1.165) is 5.56 Å². The molecule has 2 aromatic rings. The number of hydrogen-bond donors (Lipinski definition) is 1. The fourth-order valence-electron chi connectivity index (χ4n) is 1.39. The van der Waals surface area contributed by atoms with Gasteiger partial charge < -0.3 is 5.11 Å². The Morgan fingerprint density at radius 3 is 2.59 bits per heavy atom. The standard InChI is InChI=1S/C12H9FN2O2/c13-10-3-1-2-8(4-10)5-11-14-6-9(7-15-11)12(16)17/h1-4,6-7H,5H2,(H,16,17). The second kappa shape index (κ2) is 4.69. The quantitative estimate of drug-likeness (QED) is 0.877. The largest absolute Gasteiger partial charge is 0.478 e. The van der Waals surface area contributed by atoms with Crippen molar-refractivity contribution in [3.8, 4) is 0 Å². The molecule has 5 heteroatoms. The average Bonchev–Trinajstić information content (AvgIpc) is 2.29. The summed E-state index contributed by atoms with van der Waals surface area (Å²) in [6.07, 6.45) is 2.85. The van der Waals surface area contributed by atoms with Crippen molar-refractivity contribution in [3.63, 3.8) is 0 Å². The van der Waals surface area contributed by atoms with E-state index < -0.39 is 5.97 Å². The number of benzene rings is 1. The number of nitrogens with zero attached hydrogens (tertiary/aromatic N) is 2. The Bertz CT molecular complexity index is 540. The molecule has 0 amide bonds. The Labute approximate surface area is 96.8 Å². The molecule has 17 heavy (non-hydrogen) atoms. The highest BCUT2D eigenvalue weighted by atomic mass is 19.1. The minimum Gasteiger partial charge on any atom is -0.478 e. The summed E-state index contributed by atoms with van der Waals surface area (Å²) < 4.78 is 12.9. The van der Waals surface area contributed by atoms with Gasteiger partial charge in [-0.15, -0.1) is 0 Å². The molecule has 0 atom stereocenters. The summed E-state index contributed by atoms with van der Waals surface area (Å²) in [5.41, 5.74) is 0.779. The van der Waals surface area contributed by atoms with E-state index in [2.05, 4.69) is 9.97 Å². The lowest BCUT2D eigenvalue weighted by Crippen LogP contribution is -2.02. The molecule has 1 N–H and O–H groups in total. The third-order valence-corrected chi connectivity index (χ3v) is 2.20. The Morgan fingerprint density at radius 1 is 1.29 bits per heavy atom. The van der Waals surface area contributed by atoms with Gasteiger partial charge in [-0.1, -0.05) is 12.1 Å². The zero-order valence-electron chi connectivity index (χ0n) is 8.80. The van der Waals surface area contributed by atoms with Crippen molar-refractivity contribution in [2.24, 2.45) is 0 Å². The minimum atomic E-state index is -1.07. The Morgan fingerprint density at radius 2 is 2.00 bits per heavy atom. The van der Waals surface area contributed by atoms with Crippen LogP contribution in [-0.2, 0) is 6.42 Å². The third-order valence-electron chi connectivity index (χ3n) is 2.20. The van der Waals surface area contributed by atoms with Gasteiger partial charge in [-0.25, -0.2) is 19.2 Å². The molecule has 0 aliphatic rings. The number of halogens is 1. The van der Waals surface area contributed by atoms with Crippen LogP contribution < -0.4 is 0 Å². The second-order valence-electron chi connectivity index (χ2n) is 3.50. The van der Waals surface area contributed by atoms with E-state index in [9.17, 15) is 9.18 Å². The Kier molecular flexibility index (Phi) is 3.09. The van der Waals surface area contributed by atoms with Crippen LogP contribution in [-0.4, -0.2) is 21.0 Å². The molecule has 1 aromatic carbocycles. The number of aromatic carboxylic acids is 1. The van der Waals surface area contributed by atoms with E-state index in [1.54, 1.807) is 12.1 Å². The first-order chi connectivity index (χ1) is 8.15. The first-order valence-electron chi connectivity index (χ1n) is 4.94. The normalized spacial score (nSPS) is 10.2. The highest BCUT2D eigenvalue weighted by molar-refractivity contribution is 5.86. The maximum Gasteiger partial charge on any atom is 0.338 e. The first-order valence-corrected chi connectivity index (χ1v) is 4.94. The average molecular weight is 232 g/mol. The van der Waals surface area contributed by atoms with Crippen molar-refractivity contribution in [3.05, 3.63) is 59.4 Å². The van der Waals surface area contributed by atoms with E-state index in [1.807, 2.05) is 0 Å². The summed E-state index contributed by atoms with van der Waals surface area (Å²) in [5.74, 6) is -0.924. The smallest absolute Gasteiger partial charge is 0.338 e. The molecule has 4 nitrogen and oxygen atoms in total. The molecule has 0 fully saturated rings. The monoisotopic (exact) mass is 232 g/mol. The zero-order chi connectivity index (χ0) is 12.3. The maximum atomic E-state index is 12.9. The van der Waals surface area contributed by atoms with Crippen LogP contribution in [0.25, 0.3) is 0 Å². The van der Waals surface area contributed by atoms with Crippen LogP contribution in [0.4, 0.5) is 4.39 Å². The molecule has 0 radical (unpaired) electrons. The van der Waals surface area contributed by atoms with Crippen LogP contribution in [0.15, 0.2) is 36.7 Å². The zero-order valence-corrected chi connectivity index (χ0v) is 8.80. The molecular weight excluding hydrogens is 223 g/mol. The number of hydrogen-bond acceptors (Lipinski definition) is 3. The molecule has 0 saturated carbocycles. The number of carbonyl (C=O) groups is 1. The van der Waals surface area contributed by atoms with E-state index in [-0.39, 0.29) is 11.4 Å². The summed E-state index contributed by atoms with van der Waals surface area (Å²) in [5, 5.41) is 8.67. The minimum absolute atomic E-state index is 0.0352. The van der Waals surface area contributed by atoms with Crippen LogP contribution in [0, 0.1) is 5.82 Å². The van der Waals surface area contributed by atoms with Gasteiger partial charge in [-0.05, 0) is 17.7 Å². The predicted octanol–water partition coefficient (Wildman–Crippen LogP) is 1.90. The lowest BCUT2D eigenvalue weighted by atomic mass is 10.1. The molecule has 0 saturated heterocycles. The Hall–Kier alpha value is -2.30. The molecule has 2 rings (SSSR count). The van der Waals surface area contributed by atoms with E-state index in [1.165, 1.54) is 24.5 Å². The molecule has 0 unspecified atom stereocenters. The predicted molar refractivity (Wildman–Crippen MR) is 58.2 cm³/mol.